The normalized spacial score (nSPS) is 15.4. The maximum Gasteiger partial charge on any atom is 0.293 e. The van der Waals surface area contributed by atoms with Gasteiger partial charge in [-0.05, 0) is 41.6 Å². The number of carbonyl (C=O) groups is 3. The number of Topliss-reactive ketones (excluding diaryl/α,β-unsaturated/α-hetero) is 1. The second-order valence-electron chi connectivity index (χ2n) is 5.64. The topological polar surface area (TPSA) is 97.6 Å². The van der Waals surface area contributed by atoms with Gasteiger partial charge in [-0.3, -0.25) is 29.4 Å². The van der Waals surface area contributed by atoms with Crippen molar-refractivity contribution in [1.29, 1.82) is 0 Å². The average molecular weight is 437 g/mol. The van der Waals surface area contributed by atoms with Crippen molar-refractivity contribution in [2.75, 3.05) is 6.54 Å². The number of nitrogens with zero attached hydrogens (tertiary/aromatic N) is 2. The van der Waals surface area contributed by atoms with Crippen molar-refractivity contribution in [3.8, 4) is 0 Å². The Morgan fingerprint density at radius 2 is 1.82 bits per heavy atom. The summed E-state index contributed by atoms with van der Waals surface area (Å²) in [5.74, 6) is -1.14. The van der Waals surface area contributed by atoms with E-state index < -0.39 is 28.4 Å². The molecule has 1 saturated heterocycles. The zero-order valence-electron chi connectivity index (χ0n) is 13.9. The monoisotopic (exact) mass is 436 g/mol. The maximum absolute atomic E-state index is 12.5. The first-order valence-electron chi connectivity index (χ1n) is 7.75. The lowest BCUT2D eigenvalue weighted by Crippen LogP contribution is -2.33. The van der Waals surface area contributed by atoms with Gasteiger partial charge in [0.15, 0.2) is 5.78 Å². The largest absolute Gasteiger partial charge is 0.293 e. The summed E-state index contributed by atoms with van der Waals surface area (Å²) in [5, 5.41) is 10.6. The number of amides is 2. The number of imide groups is 1. The number of carbonyl (C=O) groups excluding carboxylic acids is 3. The van der Waals surface area contributed by atoms with Crippen LogP contribution in [-0.4, -0.2) is 33.3 Å². The Morgan fingerprint density at radius 1 is 1.14 bits per heavy atom. The lowest BCUT2D eigenvalue weighted by Gasteiger charge is -2.11. The molecule has 2 aromatic carbocycles. The number of nitro benzene ring substituents is 1. The van der Waals surface area contributed by atoms with Gasteiger partial charge < -0.3 is 0 Å². The van der Waals surface area contributed by atoms with Gasteiger partial charge in [0, 0.05) is 17.7 Å². The van der Waals surface area contributed by atoms with Gasteiger partial charge in [0.05, 0.1) is 26.4 Å². The summed E-state index contributed by atoms with van der Waals surface area (Å²) in [6, 6.07) is 9.81. The highest BCUT2D eigenvalue weighted by molar-refractivity contribution is 8.18. The molecule has 0 radical (unpaired) electrons. The summed E-state index contributed by atoms with van der Waals surface area (Å²) in [6.45, 7) is -0.469. The van der Waals surface area contributed by atoms with Gasteiger partial charge in [-0.15, -0.1) is 0 Å². The quantitative estimate of drug-likeness (QED) is 0.288. The third-order valence-electron chi connectivity index (χ3n) is 3.84. The zero-order chi connectivity index (χ0) is 20.4. The van der Waals surface area contributed by atoms with Crippen LogP contribution < -0.4 is 0 Å². The third kappa shape index (κ3) is 4.09. The molecule has 0 saturated carbocycles. The van der Waals surface area contributed by atoms with E-state index in [0.717, 1.165) is 4.90 Å². The fraction of sp³-hybridized carbons (Fsp3) is 0.0556. The second kappa shape index (κ2) is 8.14. The van der Waals surface area contributed by atoms with Gasteiger partial charge in [-0.2, -0.15) is 0 Å². The van der Waals surface area contributed by atoms with Crippen molar-refractivity contribution in [1.82, 2.24) is 4.90 Å². The Bertz CT molecular complexity index is 1040. The Kier molecular flexibility index (Phi) is 5.83. The van der Waals surface area contributed by atoms with Crippen molar-refractivity contribution in [3.63, 3.8) is 0 Å². The van der Waals surface area contributed by atoms with Gasteiger partial charge in [0.25, 0.3) is 16.8 Å². The molecule has 1 aliphatic heterocycles. The van der Waals surface area contributed by atoms with Crippen molar-refractivity contribution in [3.05, 3.63) is 78.7 Å². The summed E-state index contributed by atoms with van der Waals surface area (Å²) in [7, 11) is 0. The summed E-state index contributed by atoms with van der Waals surface area (Å²) < 4.78 is 0. The minimum Gasteiger partial charge on any atom is -0.292 e. The number of hydrogen-bond acceptors (Lipinski definition) is 6. The second-order valence-corrected chi connectivity index (χ2v) is 7.42. The molecule has 2 aromatic rings. The molecule has 10 heteroatoms. The molecule has 0 unspecified atom stereocenters. The first-order valence-corrected chi connectivity index (χ1v) is 9.32. The standard InChI is InChI=1S/C18H10Cl2N2O5S/c19-13-3-1-2-11(16(13)20)8-15-17(24)21(18(25)28-15)9-14(23)10-4-6-12(7-5-10)22(26)27/h1-8H,9H2/b15-8+. The fourth-order valence-corrected chi connectivity index (χ4v) is 3.60. The van der Waals surface area contributed by atoms with E-state index in [-0.39, 0.29) is 21.2 Å². The number of rotatable bonds is 5. The van der Waals surface area contributed by atoms with Crippen LogP contribution in [0.25, 0.3) is 6.08 Å². The predicted molar refractivity (Wildman–Crippen MR) is 107 cm³/mol. The van der Waals surface area contributed by atoms with Crippen molar-refractivity contribution in [2.45, 2.75) is 0 Å². The molecule has 142 valence electrons. The first-order chi connectivity index (χ1) is 13.3. The third-order valence-corrected chi connectivity index (χ3v) is 5.58. The molecule has 2 amide bonds. The molecular formula is C18H10Cl2N2O5S. The smallest absolute Gasteiger partial charge is 0.292 e. The van der Waals surface area contributed by atoms with E-state index in [1.807, 2.05) is 0 Å². The Labute approximate surface area is 173 Å². The summed E-state index contributed by atoms with van der Waals surface area (Å²) in [6.07, 6.45) is 1.44. The van der Waals surface area contributed by atoms with Crippen LogP contribution in [-0.2, 0) is 4.79 Å². The lowest BCUT2D eigenvalue weighted by atomic mass is 10.1. The molecule has 28 heavy (non-hydrogen) atoms. The Morgan fingerprint density at radius 3 is 2.46 bits per heavy atom. The van der Waals surface area contributed by atoms with E-state index in [4.69, 9.17) is 23.2 Å². The van der Waals surface area contributed by atoms with Crippen LogP contribution in [0.1, 0.15) is 15.9 Å². The molecule has 0 atom stereocenters. The summed E-state index contributed by atoms with van der Waals surface area (Å²) in [4.78, 5) is 48.1. The Balaban J connectivity index is 1.78. The minimum atomic E-state index is -0.624. The van der Waals surface area contributed by atoms with E-state index in [2.05, 4.69) is 0 Å². The number of ketones is 1. The van der Waals surface area contributed by atoms with Gasteiger partial charge in [-0.1, -0.05) is 35.3 Å². The van der Waals surface area contributed by atoms with Crippen LogP contribution in [0.2, 0.25) is 10.0 Å². The number of benzene rings is 2. The van der Waals surface area contributed by atoms with Crippen LogP contribution in [0, 0.1) is 10.1 Å². The Hall–Kier alpha value is -2.68. The molecule has 1 fully saturated rings. The average Bonchev–Trinajstić information content (AvgIpc) is 2.93. The highest BCUT2D eigenvalue weighted by Gasteiger charge is 2.36. The van der Waals surface area contributed by atoms with Crippen molar-refractivity contribution < 1.29 is 19.3 Å². The SMILES string of the molecule is O=C(CN1C(=O)S/C(=C/c2cccc(Cl)c2Cl)C1=O)c1ccc([N+](=O)[O-])cc1. The highest BCUT2D eigenvalue weighted by Crippen LogP contribution is 2.35. The van der Waals surface area contributed by atoms with E-state index in [1.165, 1.54) is 30.3 Å². The maximum atomic E-state index is 12.5. The van der Waals surface area contributed by atoms with Crippen LogP contribution >= 0.6 is 35.0 Å². The molecule has 0 aliphatic carbocycles. The fourth-order valence-electron chi connectivity index (χ4n) is 2.41. The van der Waals surface area contributed by atoms with Gasteiger partial charge >= 0.3 is 0 Å². The molecule has 1 aliphatic rings. The van der Waals surface area contributed by atoms with Gasteiger partial charge in [0.2, 0.25) is 0 Å². The molecule has 7 nitrogen and oxygen atoms in total. The molecule has 0 N–H and O–H groups in total. The molecule has 0 spiro atoms. The summed E-state index contributed by atoms with van der Waals surface area (Å²) in [5.41, 5.74) is 0.469. The zero-order valence-corrected chi connectivity index (χ0v) is 16.3. The van der Waals surface area contributed by atoms with Gasteiger partial charge in [0.1, 0.15) is 0 Å². The summed E-state index contributed by atoms with van der Waals surface area (Å²) >= 11 is 12.7. The molecule has 3 rings (SSSR count). The van der Waals surface area contributed by atoms with Crippen LogP contribution in [0.5, 0.6) is 0 Å². The van der Waals surface area contributed by atoms with Crippen LogP contribution in [0.4, 0.5) is 10.5 Å². The number of thioether (sulfide) groups is 1. The number of halogens is 2. The molecule has 0 aromatic heterocycles. The number of nitro groups is 1. The van der Waals surface area contributed by atoms with Crippen molar-refractivity contribution >= 4 is 63.7 Å². The molecule has 0 bridgehead atoms. The van der Waals surface area contributed by atoms with E-state index >= 15 is 0 Å². The lowest BCUT2D eigenvalue weighted by molar-refractivity contribution is -0.384. The predicted octanol–water partition coefficient (Wildman–Crippen LogP) is 4.82. The van der Waals surface area contributed by atoms with E-state index in [9.17, 15) is 24.5 Å². The minimum absolute atomic E-state index is 0.116. The van der Waals surface area contributed by atoms with Crippen molar-refractivity contribution in [2.24, 2.45) is 0 Å². The first kappa shape index (κ1) is 20.1. The van der Waals surface area contributed by atoms with Crippen LogP contribution in [0.15, 0.2) is 47.4 Å². The number of non-ortho nitro benzene ring substituents is 1. The van der Waals surface area contributed by atoms with Crippen LogP contribution in [0.3, 0.4) is 0 Å². The molecule has 1 heterocycles. The van der Waals surface area contributed by atoms with E-state index in [1.54, 1.807) is 18.2 Å². The molecular weight excluding hydrogens is 427 g/mol. The van der Waals surface area contributed by atoms with Gasteiger partial charge in [-0.25, -0.2) is 0 Å². The van der Waals surface area contributed by atoms with E-state index in [0.29, 0.717) is 22.3 Å². The highest BCUT2D eigenvalue weighted by atomic mass is 35.5. The number of hydrogen-bond donors (Lipinski definition) is 0.